The van der Waals surface area contributed by atoms with Crippen LogP contribution in [0.5, 0.6) is 5.75 Å². The highest BCUT2D eigenvalue weighted by Crippen LogP contribution is 2.45. The zero-order valence-corrected chi connectivity index (χ0v) is 23.5. The van der Waals surface area contributed by atoms with E-state index in [0.29, 0.717) is 32.7 Å². The van der Waals surface area contributed by atoms with Gasteiger partial charge in [-0.3, -0.25) is 0 Å². The summed E-state index contributed by atoms with van der Waals surface area (Å²) in [4.78, 5) is 13.9. The molecule has 0 aliphatic carbocycles. The number of benzene rings is 6. The van der Waals surface area contributed by atoms with Gasteiger partial charge in [0.15, 0.2) is 23.2 Å². The van der Waals surface area contributed by atoms with Gasteiger partial charge < -0.3 is 4.18 Å². The fourth-order valence-electron chi connectivity index (χ4n) is 5.31. The molecule has 0 saturated heterocycles. The van der Waals surface area contributed by atoms with Crippen molar-refractivity contribution in [2.24, 2.45) is 0 Å². The minimum Gasteiger partial charge on any atom is -0.375 e. The summed E-state index contributed by atoms with van der Waals surface area (Å²) in [7, 11) is -6.09. The number of aromatic nitrogens is 3. The first-order valence-electron chi connectivity index (χ1n) is 13.5. The van der Waals surface area contributed by atoms with Gasteiger partial charge in [0, 0.05) is 16.5 Å². The predicted octanol–water partition coefficient (Wildman–Crippen LogP) is 8.56. The number of alkyl halides is 3. The third-order valence-electron chi connectivity index (χ3n) is 7.28. The minimum atomic E-state index is -6.09. The lowest BCUT2D eigenvalue weighted by molar-refractivity contribution is -0.0499. The normalized spacial score (nSPS) is 12.2. The maximum atomic E-state index is 13.8. The van der Waals surface area contributed by atoms with Gasteiger partial charge in [-0.25, -0.2) is 15.0 Å². The molecule has 0 amide bonds. The summed E-state index contributed by atoms with van der Waals surface area (Å²) >= 11 is 0. The molecule has 0 bridgehead atoms. The summed E-state index contributed by atoms with van der Waals surface area (Å²) in [5, 5.41) is 3.49. The van der Waals surface area contributed by atoms with Crippen molar-refractivity contribution in [3.05, 3.63) is 121 Å². The highest BCUT2D eigenvalue weighted by Gasteiger charge is 2.49. The quantitative estimate of drug-likeness (QED) is 0.111. The summed E-state index contributed by atoms with van der Waals surface area (Å²) in [6, 6.07) is 35.7. The van der Waals surface area contributed by atoms with Gasteiger partial charge in [-0.2, -0.15) is 21.6 Å². The van der Waals surface area contributed by atoms with Crippen LogP contribution in [0.2, 0.25) is 0 Å². The van der Waals surface area contributed by atoms with E-state index >= 15 is 0 Å². The largest absolute Gasteiger partial charge is 0.534 e. The van der Waals surface area contributed by atoms with Gasteiger partial charge in [0.1, 0.15) is 0 Å². The van der Waals surface area contributed by atoms with Crippen LogP contribution in [0.1, 0.15) is 0 Å². The van der Waals surface area contributed by atoms with Gasteiger partial charge >= 0.3 is 15.6 Å². The second-order valence-corrected chi connectivity index (χ2v) is 11.5. The molecule has 10 heteroatoms. The van der Waals surface area contributed by atoms with Crippen LogP contribution in [0.3, 0.4) is 0 Å². The van der Waals surface area contributed by atoms with Crippen LogP contribution >= 0.6 is 0 Å². The van der Waals surface area contributed by atoms with E-state index in [0.717, 1.165) is 5.39 Å². The second kappa shape index (κ2) is 10.4. The average Bonchev–Trinajstić information content (AvgIpc) is 3.05. The van der Waals surface area contributed by atoms with Crippen molar-refractivity contribution < 1.29 is 25.8 Å². The van der Waals surface area contributed by atoms with E-state index in [4.69, 9.17) is 4.18 Å². The number of rotatable bonds is 5. The van der Waals surface area contributed by atoms with Crippen LogP contribution in [0.25, 0.3) is 66.5 Å². The Kier molecular flexibility index (Phi) is 6.51. The molecule has 0 N–H and O–H groups in total. The Hall–Kier alpha value is -5.35. The number of fused-ring (bicyclic) bond motifs is 6. The number of halogens is 3. The maximum Gasteiger partial charge on any atom is 0.534 e. The van der Waals surface area contributed by atoms with Crippen molar-refractivity contribution >= 4 is 42.4 Å². The maximum absolute atomic E-state index is 13.8. The first-order valence-corrected chi connectivity index (χ1v) is 14.9. The van der Waals surface area contributed by atoms with E-state index in [1.807, 2.05) is 48.5 Å². The fourth-order valence-corrected chi connectivity index (χ4v) is 5.80. The smallest absolute Gasteiger partial charge is 0.375 e. The zero-order chi connectivity index (χ0) is 30.5. The topological polar surface area (TPSA) is 82.0 Å². The standard InChI is InChI=1S/C34H20F3N3O3S/c35-34(36,37)44(41,42)43-30-28(20-19-27-25-17-8-7-15-23(25)24-16-9-10-18-26(24)29(27)30)33-39-31(21-11-3-1-4-12-21)38-32(40-33)22-13-5-2-6-14-22/h1-20H. The van der Waals surface area contributed by atoms with E-state index in [1.165, 1.54) is 6.07 Å². The minimum absolute atomic E-state index is 0.0393. The van der Waals surface area contributed by atoms with E-state index in [2.05, 4.69) is 15.0 Å². The highest BCUT2D eigenvalue weighted by atomic mass is 32.2. The molecule has 0 saturated carbocycles. The Morgan fingerprint density at radius 3 is 1.41 bits per heavy atom. The Morgan fingerprint density at radius 1 is 0.500 bits per heavy atom. The molecule has 7 aromatic rings. The molecule has 0 spiro atoms. The third-order valence-corrected chi connectivity index (χ3v) is 8.23. The molecule has 0 aliphatic rings. The van der Waals surface area contributed by atoms with E-state index in [-0.39, 0.29) is 28.4 Å². The van der Waals surface area contributed by atoms with Crippen molar-refractivity contribution in [1.29, 1.82) is 0 Å². The Bertz CT molecular complexity index is 2220. The van der Waals surface area contributed by atoms with Crippen molar-refractivity contribution in [2.45, 2.75) is 5.51 Å². The molecular weight excluding hydrogens is 587 g/mol. The predicted molar refractivity (Wildman–Crippen MR) is 164 cm³/mol. The highest BCUT2D eigenvalue weighted by molar-refractivity contribution is 7.88. The molecule has 216 valence electrons. The van der Waals surface area contributed by atoms with E-state index < -0.39 is 21.4 Å². The van der Waals surface area contributed by atoms with Gasteiger partial charge in [-0.05, 0) is 33.0 Å². The molecular formula is C34H20F3N3O3S. The van der Waals surface area contributed by atoms with Gasteiger partial charge in [0.2, 0.25) is 0 Å². The van der Waals surface area contributed by atoms with Gasteiger partial charge in [0.05, 0.1) is 5.56 Å². The SMILES string of the molecule is O=S(=O)(Oc1c(-c2nc(-c3ccccc3)nc(-c3ccccc3)n2)ccc2c3ccccc3c3ccccc3c12)C(F)(F)F. The molecule has 6 nitrogen and oxygen atoms in total. The van der Waals surface area contributed by atoms with Gasteiger partial charge in [-0.1, -0.05) is 115 Å². The molecule has 0 radical (unpaired) electrons. The molecule has 1 heterocycles. The lowest BCUT2D eigenvalue weighted by Gasteiger charge is -2.18. The Balaban J connectivity index is 1.61. The molecule has 44 heavy (non-hydrogen) atoms. The van der Waals surface area contributed by atoms with Crippen molar-refractivity contribution in [3.8, 4) is 39.9 Å². The summed E-state index contributed by atoms with van der Waals surface area (Å²) in [6.07, 6.45) is 0. The summed E-state index contributed by atoms with van der Waals surface area (Å²) < 4.78 is 71.8. The molecule has 7 rings (SSSR count). The molecule has 1 aromatic heterocycles. The van der Waals surface area contributed by atoms with Crippen molar-refractivity contribution in [2.75, 3.05) is 0 Å². The second-order valence-electron chi connectivity index (χ2n) is 9.98. The van der Waals surface area contributed by atoms with Crippen LogP contribution < -0.4 is 4.18 Å². The molecule has 6 aromatic carbocycles. The monoisotopic (exact) mass is 607 g/mol. The Morgan fingerprint density at radius 2 is 0.909 bits per heavy atom. The van der Waals surface area contributed by atoms with E-state index in [1.54, 1.807) is 66.7 Å². The third kappa shape index (κ3) is 4.69. The molecule has 0 atom stereocenters. The fraction of sp³-hybridized carbons (Fsp3) is 0.0294. The van der Waals surface area contributed by atoms with Crippen molar-refractivity contribution in [3.63, 3.8) is 0 Å². The van der Waals surface area contributed by atoms with Crippen molar-refractivity contribution in [1.82, 2.24) is 15.0 Å². The first kappa shape index (κ1) is 27.5. The van der Waals surface area contributed by atoms with Gasteiger partial charge in [0.25, 0.3) is 0 Å². The summed E-state index contributed by atoms with van der Waals surface area (Å²) in [5.74, 6) is -0.0692. The first-order chi connectivity index (χ1) is 21.2. The lowest BCUT2D eigenvalue weighted by Crippen LogP contribution is -2.28. The van der Waals surface area contributed by atoms with Crippen LogP contribution in [-0.2, 0) is 10.1 Å². The van der Waals surface area contributed by atoms with Crippen LogP contribution in [0.15, 0.2) is 121 Å². The lowest BCUT2D eigenvalue weighted by atomic mass is 9.92. The summed E-state index contributed by atoms with van der Waals surface area (Å²) in [6.45, 7) is 0. The number of hydrogen-bond donors (Lipinski definition) is 0. The molecule has 0 aliphatic heterocycles. The number of hydrogen-bond acceptors (Lipinski definition) is 6. The molecule has 0 unspecified atom stereocenters. The number of nitrogens with zero attached hydrogens (tertiary/aromatic N) is 3. The van der Waals surface area contributed by atoms with Gasteiger partial charge in [-0.15, -0.1) is 0 Å². The summed E-state index contributed by atoms with van der Waals surface area (Å²) in [5.41, 5.74) is -4.45. The Labute approximate surface area is 249 Å². The van der Waals surface area contributed by atoms with E-state index in [9.17, 15) is 21.6 Å². The van der Waals surface area contributed by atoms with Crippen LogP contribution in [0.4, 0.5) is 13.2 Å². The van der Waals surface area contributed by atoms with Crippen LogP contribution in [0, 0.1) is 0 Å². The van der Waals surface area contributed by atoms with Crippen LogP contribution in [-0.4, -0.2) is 28.9 Å². The molecule has 0 fully saturated rings. The zero-order valence-electron chi connectivity index (χ0n) is 22.7. The average molecular weight is 608 g/mol.